The average Bonchev–Trinajstić information content (AvgIpc) is 2.64. The summed E-state index contributed by atoms with van der Waals surface area (Å²) in [6.07, 6.45) is 5.31. The maximum Gasteiger partial charge on any atom is 0.0984 e. The lowest BCUT2D eigenvalue weighted by Crippen LogP contribution is -2.14. The fraction of sp³-hybridized carbons (Fsp3) is 0.727. The Kier molecular flexibility index (Phi) is 1.71. The first-order valence-corrected chi connectivity index (χ1v) is 5.41. The lowest BCUT2D eigenvalue weighted by atomic mass is 9.95. The van der Waals surface area contributed by atoms with E-state index in [9.17, 15) is 5.11 Å². The van der Waals surface area contributed by atoms with Crippen molar-refractivity contribution in [2.24, 2.45) is 24.8 Å². The number of hydrogen-bond acceptors (Lipinski definition) is 2. The van der Waals surface area contributed by atoms with Gasteiger partial charge in [-0.25, -0.2) is 0 Å². The zero-order valence-corrected chi connectivity index (χ0v) is 8.43. The molecule has 2 aliphatic rings. The second-order valence-electron chi connectivity index (χ2n) is 4.81. The highest BCUT2D eigenvalue weighted by molar-refractivity contribution is 5.09. The third-order valence-electron chi connectivity index (χ3n) is 3.89. The summed E-state index contributed by atoms with van der Waals surface area (Å²) in [4.78, 5) is 0. The predicted molar refractivity (Wildman–Crippen MR) is 52.5 cm³/mol. The van der Waals surface area contributed by atoms with E-state index in [1.165, 1.54) is 19.3 Å². The number of aromatic nitrogens is 2. The van der Waals surface area contributed by atoms with E-state index in [2.05, 4.69) is 5.10 Å². The highest BCUT2D eigenvalue weighted by Crippen LogP contribution is 2.56. The van der Waals surface area contributed by atoms with E-state index < -0.39 is 0 Å². The van der Waals surface area contributed by atoms with Gasteiger partial charge in [0.25, 0.3) is 0 Å². The standard InChI is InChI=1S/C11H16N2O/c1-13-10(2-3-12-13)11(14)9-5-7-4-8(7)6-9/h2-3,7-9,11,14H,4-6H2,1H3. The number of fused-ring (bicyclic) bond motifs is 1. The van der Waals surface area contributed by atoms with Crippen LogP contribution >= 0.6 is 0 Å². The molecule has 0 spiro atoms. The summed E-state index contributed by atoms with van der Waals surface area (Å²) in [5, 5.41) is 14.3. The van der Waals surface area contributed by atoms with Crippen LogP contribution in [-0.2, 0) is 7.05 Å². The molecule has 3 rings (SSSR count). The van der Waals surface area contributed by atoms with Gasteiger partial charge < -0.3 is 5.11 Å². The van der Waals surface area contributed by atoms with Crippen LogP contribution in [-0.4, -0.2) is 14.9 Å². The van der Waals surface area contributed by atoms with E-state index in [4.69, 9.17) is 0 Å². The Morgan fingerprint density at radius 2 is 2.14 bits per heavy atom. The summed E-state index contributed by atoms with van der Waals surface area (Å²) >= 11 is 0. The molecule has 14 heavy (non-hydrogen) atoms. The molecule has 3 heteroatoms. The molecule has 0 aromatic carbocycles. The SMILES string of the molecule is Cn1nccc1C(O)C1CC2CC2C1. The van der Waals surface area contributed by atoms with Crippen molar-refractivity contribution in [1.29, 1.82) is 0 Å². The molecule has 0 aliphatic heterocycles. The smallest absolute Gasteiger partial charge is 0.0984 e. The first-order valence-electron chi connectivity index (χ1n) is 5.41. The summed E-state index contributed by atoms with van der Waals surface area (Å²) in [5.41, 5.74) is 0.969. The normalized spacial score (nSPS) is 36.9. The van der Waals surface area contributed by atoms with Gasteiger partial charge in [0.15, 0.2) is 0 Å². The topological polar surface area (TPSA) is 38.0 Å². The van der Waals surface area contributed by atoms with Gasteiger partial charge in [-0.2, -0.15) is 5.10 Å². The Morgan fingerprint density at radius 3 is 2.71 bits per heavy atom. The second-order valence-corrected chi connectivity index (χ2v) is 4.81. The van der Waals surface area contributed by atoms with Gasteiger partial charge in [0, 0.05) is 13.2 Å². The van der Waals surface area contributed by atoms with Crippen molar-refractivity contribution in [1.82, 2.24) is 9.78 Å². The zero-order valence-electron chi connectivity index (χ0n) is 8.43. The van der Waals surface area contributed by atoms with Crippen LogP contribution in [0.3, 0.4) is 0 Å². The van der Waals surface area contributed by atoms with Crippen molar-refractivity contribution in [3.05, 3.63) is 18.0 Å². The van der Waals surface area contributed by atoms with Crippen LogP contribution in [0.4, 0.5) is 0 Å². The van der Waals surface area contributed by atoms with Crippen LogP contribution in [0.15, 0.2) is 12.3 Å². The predicted octanol–water partition coefficient (Wildman–Crippen LogP) is 1.50. The molecule has 0 saturated heterocycles. The molecule has 2 aliphatic carbocycles. The summed E-state index contributed by atoms with van der Waals surface area (Å²) in [5.74, 6) is 2.35. The van der Waals surface area contributed by atoms with E-state index in [1.807, 2.05) is 13.1 Å². The Balaban J connectivity index is 1.76. The molecule has 0 bridgehead atoms. The molecule has 1 N–H and O–H groups in total. The van der Waals surface area contributed by atoms with Gasteiger partial charge in [0.05, 0.1) is 11.8 Å². The summed E-state index contributed by atoms with van der Waals surface area (Å²) in [6.45, 7) is 0. The van der Waals surface area contributed by atoms with Gasteiger partial charge in [-0.15, -0.1) is 0 Å². The fourth-order valence-electron chi connectivity index (χ4n) is 2.94. The summed E-state index contributed by atoms with van der Waals surface area (Å²) in [6, 6.07) is 1.93. The Labute approximate surface area is 83.7 Å². The van der Waals surface area contributed by atoms with E-state index >= 15 is 0 Å². The molecule has 2 saturated carbocycles. The van der Waals surface area contributed by atoms with E-state index in [0.29, 0.717) is 5.92 Å². The quantitative estimate of drug-likeness (QED) is 0.771. The third-order valence-corrected chi connectivity index (χ3v) is 3.89. The van der Waals surface area contributed by atoms with Crippen molar-refractivity contribution in [3.63, 3.8) is 0 Å². The maximum atomic E-state index is 10.2. The molecule has 0 radical (unpaired) electrons. The number of aryl methyl sites for hydroxylation is 1. The minimum atomic E-state index is -0.296. The summed E-state index contributed by atoms with van der Waals surface area (Å²) in [7, 11) is 1.90. The number of rotatable bonds is 2. The molecule has 3 unspecified atom stereocenters. The lowest BCUT2D eigenvalue weighted by Gasteiger charge is -2.19. The molecule has 2 fully saturated rings. The molecule has 76 valence electrons. The van der Waals surface area contributed by atoms with Gasteiger partial charge in [-0.1, -0.05) is 0 Å². The molecular formula is C11H16N2O. The average molecular weight is 192 g/mol. The van der Waals surface area contributed by atoms with Crippen molar-refractivity contribution < 1.29 is 5.11 Å². The van der Waals surface area contributed by atoms with Gasteiger partial charge in [-0.3, -0.25) is 4.68 Å². The molecule has 0 amide bonds. The summed E-state index contributed by atoms with van der Waals surface area (Å²) < 4.78 is 1.79. The molecular weight excluding hydrogens is 176 g/mol. The number of nitrogens with zero attached hydrogens (tertiary/aromatic N) is 2. The highest BCUT2D eigenvalue weighted by atomic mass is 16.3. The third kappa shape index (κ3) is 1.19. The minimum Gasteiger partial charge on any atom is -0.387 e. The molecule has 3 nitrogen and oxygen atoms in total. The van der Waals surface area contributed by atoms with E-state index in [-0.39, 0.29) is 6.10 Å². The monoisotopic (exact) mass is 192 g/mol. The van der Waals surface area contributed by atoms with Crippen LogP contribution in [0.5, 0.6) is 0 Å². The number of hydrogen-bond donors (Lipinski definition) is 1. The van der Waals surface area contributed by atoms with Crippen LogP contribution in [0.2, 0.25) is 0 Å². The molecule has 1 aromatic heterocycles. The first kappa shape index (κ1) is 8.48. The van der Waals surface area contributed by atoms with Gasteiger partial charge >= 0.3 is 0 Å². The highest BCUT2D eigenvalue weighted by Gasteiger charge is 2.48. The fourth-order valence-corrected chi connectivity index (χ4v) is 2.94. The number of aliphatic hydroxyl groups excluding tert-OH is 1. The van der Waals surface area contributed by atoms with Crippen LogP contribution in [0.1, 0.15) is 31.1 Å². The molecule has 1 aromatic rings. The van der Waals surface area contributed by atoms with Crippen LogP contribution < -0.4 is 0 Å². The number of aliphatic hydroxyl groups is 1. The van der Waals surface area contributed by atoms with Crippen molar-refractivity contribution in [2.45, 2.75) is 25.4 Å². The Hall–Kier alpha value is -0.830. The van der Waals surface area contributed by atoms with Crippen LogP contribution in [0, 0.1) is 17.8 Å². The van der Waals surface area contributed by atoms with E-state index in [1.54, 1.807) is 10.9 Å². The minimum absolute atomic E-state index is 0.296. The molecule has 3 atom stereocenters. The van der Waals surface area contributed by atoms with Gasteiger partial charge in [-0.05, 0) is 43.1 Å². The lowest BCUT2D eigenvalue weighted by molar-refractivity contribution is 0.0964. The first-order chi connectivity index (χ1) is 6.75. The second kappa shape index (κ2) is 2.83. The maximum absolute atomic E-state index is 10.2. The van der Waals surface area contributed by atoms with E-state index in [0.717, 1.165) is 17.5 Å². The Morgan fingerprint density at radius 1 is 1.43 bits per heavy atom. The van der Waals surface area contributed by atoms with Crippen LogP contribution in [0.25, 0.3) is 0 Å². The Bertz CT molecular complexity index is 337. The van der Waals surface area contributed by atoms with Crippen molar-refractivity contribution >= 4 is 0 Å². The zero-order chi connectivity index (χ0) is 9.71. The largest absolute Gasteiger partial charge is 0.387 e. The van der Waals surface area contributed by atoms with Gasteiger partial charge in [0.1, 0.15) is 0 Å². The van der Waals surface area contributed by atoms with Gasteiger partial charge in [0.2, 0.25) is 0 Å². The van der Waals surface area contributed by atoms with Crippen molar-refractivity contribution in [3.8, 4) is 0 Å². The molecule has 1 heterocycles. The van der Waals surface area contributed by atoms with Crippen molar-refractivity contribution in [2.75, 3.05) is 0 Å².